The first-order valence-electron chi connectivity index (χ1n) is 19.7. The van der Waals surface area contributed by atoms with Gasteiger partial charge in [-0.05, 0) is 83.4 Å². The van der Waals surface area contributed by atoms with Crippen molar-refractivity contribution in [3.63, 3.8) is 0 Å². The summed E-state index contributed by atoms with van der Waals surface area (Å²) in [5.74, 6) is 0. The SMILES string of the molecule is c1ccc(-c2c(-c3cccc4sc5ccccc5c34)cccc2N(c2ccc3c(c2)c2ccccc2n3-c2ccccc2)c2cccc3c2sc2ccccc23)cc1. The predicted octanol–water partition coefficient (Wildman–Crippen LogP) is 16.3. The molecule has 12 aromatic rings. The molecule has 0 unspecified atom stereocenters. The molecule has 12 rings (SSSR count). The maximum atomic E-state index is 2.53. The van der Waals surface area contributed by atoms with Gasteiger partial charge in [0.1, 0.15) is 0 Å². The minimum Gasteiger partial charge on any atom is -0.309 e. The lowest BCUT2D eigenvalue weighted by Gasteiger charge is -2.30. The molecule has 4 heteroatoms. The molecule has 2 nitrogen and oxygen atoms in total. The molecule has 0 aliphatic heterocycles. The summed E-state index contributed by atoms with van der Waals surface area (Å²) in [6.45, 7) is 0. The summed E-state index contributed by atoms with van der Waals surface area (Å²) in [4.78, 5) is 2.53. The third-order valence-corrected chi connectivity index (χ3v) is 13.9. The van der Waals surface area contributed by atoms with Gasteiger partial charge in [-0.2, -0.15) is 0 Å². The molecule has 0 saturated carbocycles. The van der Waals surface area contributed by atoms with Crippen molar-refractivity contribution < 1.29 is 0 Å². The van der Waals surface area contributed by atoms with Gasteiger partial charge in [0.2, 0.25) is 0 Å². The monoisotopic (exact) mass is 774 g/mol. The molecule has 0 spiro atoms. The topological polar surface area (TPSA) is 8.17 Å². The van der Waals surface area contributed by atoms with Gasteiger partial charge >= 0.3 is 0 Å². The van der Waals surface area contributed by atoms with Crippen LogP contribution in [0.1, 0.15) is 0 Å². The average molecular weight is 775 g/mol. The van der Waals surface area contributed by atoms with Crippen molar-refractivity contribution in [3.8, 4) is 27.9 Å². The number of rotatable bonds is 6. The zero-order chi connectivity index (χ0) is 38.2. The fourth-order valence-corrected chi connectivity index (χ4v) is 11.5. The Morgan fingerprint density at radius 3 is 1.83 bits per heavy atom. The zero-order valence-corrected chi connectivity index (χ0v) is 33.0. The number of hydrogen-bond acceptors (Lipinski definition) is 3. The van der Waals surface area contributed by atoms with Gasteiger partial charge < -0.3 is 9.47 Å². The molecular formula is C54H34N2S2. The molecule has 3 heterocycles. The maximum absolute atomic E-state index is 2.53. The van der Waals surface area contributed by atoms with Crippen LogP contribution in [0.5, 0.6) is 0 Å². The Labute approximate surface area is 343 Å². The molecule has 0 saturated heterocycles. The van der Waals surface area contributed by atoms with E-state index >= 15 is 0 Å². The minimum absolute atomic E-state index is 1.11. The van der Waals surface area contributed by atoms with Crippen LogP contribution in [-0.4, -0.2) is 4.57 Å². The smallest absolute Gasteiger partial charge is 0.0640 e. The highest BCUT2D eigenvalue weighted by atomic mass is 32.1. The lowest BCUT2D eigenvalue weighted by atomic mass is 9.90. The van der Waals surface area contributed by atoms with Gasteiger partial charge in [-0.3, -0.25) is 0 Å². The molecule has 58 heavy (non-hydrogen) atoms. The molecular weight excluding hydrogens is 741 g/mol. The van der Waals surface area contributed by atoms with E-state index in [1.54, 1.807) is 0 Å². The first kappa shape index (κ1) is 33.2. The first-order valence-corrected chi connectivity index (χ1v) is 21.3. The Hall–Kier alpha value is -6.98. The molecule has 0 aliphatic rings. The Bertz CT molecular complexity index is 3520. The van der Waals surface area contributed by atoms with E-state index in [1.807, 2.05) is 22.7 Å². The number of benzene rings is 9. The highest BCUT2D eigenvalue weighted by Gasteiger charge is 2.25. The molecule has 9 aromatic carbocycles. The number of nitrogens with zero attached hydrogens (tertiary/aromatic N) is 2. The number of para-hydroxylation sites is 2. The van der Waals surface area contributed by atoms with Crippen molar-refractivity contribution in [1.29, 1.82) is 0 Å². The van der Waals surface area contributed by atoms with Gasteiger partial charge in [0.05, 0.1) is 27.1 Å². The van der Waals surface area contributed by atoms with Crippen molar-refractivity contribution in [2.24, 2.45) is 0 Å². The van der Waals surface area contributed by atoms with Crippen molar-refractivity contribution >= 4 is 102 Å². The summed E-state index contributed by atoms with van der Waals surface area (Å²) in [5, 5.41) is 7.63. The van der Waals surface area contributed by atoms with Crippen LogP contribution in [0.25, 0.3) is 90.1 Å². The Morgan fingerprint density at radius 2 is 0.983 bits per heavy atom. The van der Waals surface area contributed by atoms with Gasteiger partial charge in [-0.25, -0.2) is 0 Å². The predicted molar refractivity (Wildman–Crippen MR) is 252 cm³/mol. The fraction of sp³-hybridized carbons (Fsp3) is 0. The highest BCUT2D eigenvalue weighted by Crippen LogP contribution is 2.51. The first-order chi connectivity index (χ1) is 28.8. The van der Waals surface area contributed by atoms with Crippen LogP contribution in [0.3, 0.4) is 0 Å². The third-order valence-electron chi connectivity index (χ3n) is 11.6. The third kappa shape index (κ3) is 5.09. The molecule has 0 amide bonds. The van der Waals surface area contributed by atoms with Crippen molar-refractivity contribution in [2.75, 3.05) is 4.90 Å². The summed E-state index contributed by atoms with van der Waals surface area (Å²) in [7, 11) is 0. The summed E-state index contributed by atoms with van der Waals surface area (Å²) >= 11 is 3.75. The number of hydrogen-bond donors (Lipinski definition) is 0. The maximum Gasteiger partial charge on any atom is 0.0640 e. The number of fused-ring (bicyclic) bond motifs is 9. The molecule has 0 aliphatic carbocycles. The van der Waals surface area contributed by atoms with Gasteiger partial charge in [-0.15, -0.1) is 22.7 Å². The lowest BCUT2D eigenvalue weighted by Crippen LogP contribution is -2.12. The number of aromatic nitrogens is 1. The molecule has 0 fully saturated rings. The van der Waals surface area contributed by atoms with Crippen LogP contribution in [0.4, 0.5) is 17.1 Å². The van der Waals surface area contributed by atoms with Gasteiger partial charge in [0.15, 0.2) is 0 Å². The Morgan fingerprint density at radius 1 is 0.379 bits per heavy atom. The molecule has 3 aromatic heterocycles. The van der Waals surface area contributed by atoms with E-state index in [9.17, 15) is 0 Å². The second-order valence-corrected chi connectivity index (χ2v) is 17.0. The molecule has 272 valence electrons. The minimum atomic E-state index is 1.11. The molecule has 0 atom stereocenters. The summed E-state index contributed by atoms with van der Waals surface area (Å²) in [6.07, 6.45) is 0. The van der Waals surface area contributed by atoms with Crippen LogP contribution >= 0.6 is 22.7 Å². The normalized spacial score (nSPS) is 11.8. The van der Waals surface area contributed by atoms with E-state index in [1.165, 1.54) is 90.1 Å². The summed E-state index contributed by atoms with van der Waals surface area (Å²) in [5.41, 5.74) is 11.8. The van der Waals surface area contributed by atoms with Crippen LogP contribution in [0.2, 0.25) is 0 Å². The van der Waals surface area contributed by atoms with Crippen LogP contribution in [0.15, 0.2) is 206 Å². The van der Waals surface area contributed by atoms with E-state index in [2.05, 4.69) is 216 Å². The lowest BCUT2D eigenvalue weighted by molar-refractivity contribution is 1.18. The molecule has 0 N–H and O–H groups in total. The molecule has 0 radical (unpaired) electrons. The molecule has 0 bridgehead atoms. The average Bonchev–Trinajstić information content (AvgIpc) is 3.97. The highest BCUT2D eigenvalue weighted by molar-refractivity contribution is 7.26. The van der Waals surface area contributed by atoms with E-state index in [-0.39, 0.29) is 0 Å². The standard InChI is InChI=1S/C54H34N2S2/c1-3-16-35(17-4-1)52-40(41-24-15-31-51-53(41)43-22-9-12-30-50(43)57-51)23-13-27-47(52)56(48-28-14-25-42-39-21-8-11-29-49(39)58-54(42)48)37-32-33-46-44(34-37)38-20-7-10-26-45(38)55(46)36-18-5-2-6-19-36/h1-34H. The van der Waals surface area contributed by atoms with E-state index < -0.39 is 0 Å². The van der Waals surface area contributed by atoms with E-state index in [4.69, 9.17) is 0 Å². The van der Waals surface area contributed by atoms with Crippen molar-refractivity contribution in [1.82, 2.24) is 4.57 Å². The van der Waals surface area contributed by atoms with Gasteiger partial charge in [0.25, 0.3) is 0 Å². The zero-order valence-electron chi connectivity index (χ0n) is 31.3. The van der Waals surface area contributed by atoms with Crippen LogP contribution in [0, 0.1) is 0 Å². The largest absolute Gasteiger partial charge is 0.309 e. The summed E-state index contributed by atoms with van der Waals surface area (Å²) in [6, 6.07) is 75.7. The van der Waals surface area contributed by atoms with E-state index in [0.717, 1.165) is 17.1 Å². The fourth-order valence-electron chi connectivity index (χ4n) is 9.13. The second-order valence-electron chi connectivity index (χ2n) is 14.8. The second kappa shape index (κ2) is 13.3. The van der Waals surface area contributed by atoms with Crippen LogP contribution < -0.4 is 4.90 Å². The van der Waals surface area contributed by atoms with Gasteiger partial charge in [0, 0.05) is 63.4 Å². The van der Waals surface area contributed by atoms with Crippen molar-refractivity contribution in [2.45, 2.75) is 0 Å². The van der Waals surface area contributed by atoms with Crippen molar-refractivity contribution in [3.05, 3.63) is 206 Å². The Balaban J connectivity index is 1.19. The quantitative estimate of drug-likeness (QED) is 0.163. The van der Waals surface area contributed by atoms with Crippen LogP contribution in [-0.2, 0) is 0 Å². The van der Waals surface area contributed by atoms with E-state index in [0.29, 0.717) is 0 Å². The summed E-state index contributed by atoms with van der Waals surface area (Å²) < 4.78 is 7.57. The number of thiophene rings is 2. The number of anilines is 3. The van der Waals surface area contributed by atoms with Gasteiger partial charge in [-0.1, -0.05) is 140 Å². The Kier molecular flexibility index (Phi) is 7.62.